The molecule has 2 aliphatic rings. The fourth-order valence-electron chi connectivity index (χ4n) is 7.43. The summed E-state index contributed by atoms with van der Waals surface area (Å²) in [5, 5.41) is 12.4. The number of thiophene rings is 1. The van der Waals surface area contributed by atoms with E-state index in [0.29, 0.717) is 0 Å². The molecule has 1 unspecified atom stereocenters. The maximum atomic E-state index is 6.36. The van der Waals surface area contributed by atoms with Crippen LogP contribution in [0.25, 0.3) is 80.4 Å². The first-order valence-electron chi connectivity index (χ1n) is 14.6. The molecule has 0 radical (unpaired) electrons. The Labute approximate surface area is 248 Å². The molecule has 1 atom stereocenters. The van der Waals surface area contributed by atoms with Crippen molar-refractivity contribution >= 4 is 97.9 Å². The highest BCUT2D eigenvalue weighted by atomic mass is 32.1. The van der Waals surface area contributed by atoms with E-state index in [2.05, 4.69) is 119 Å². The largest absolute Gasteiger partial charge is 0.456 e. The maximum Gasteiger partial charge on any atom is 0.162 e. The molecule has 5 heteroatoms. The number of hydrogen-bond acceptors (Lipinski definition) is 4. The predicted molar refractivity (Wildman–Crippen MR) is 182 cm³/mol. The zero-order valence-corrected chi connectivity index (χ0v) is 23.6. The van der Waals surface area contributed by atoms with E-state index in [4.69, 9.17) is 9.41 Å². The first-order chi connectivity index (χ1) is 21.3. The minimum atomic E-state index is 0.0571. The smallest absolute Gasteiger partial charge is 0.162 e. The van der Waals surface area contributed by atoms with Crippen molar-refractivity contribution in [2.24, 2.45) is 4.99 Å². The highest BCUT2D eigenvalue weighted by Crippen LogP contribution is 2.50. The van der Waals surface area contributed by atoms with Gasteiger partial charge in [0.1, 0.15) is 11.2 Å². The van der Waals surface area contributed by atoms with Gasteiger partial charge >= 0.3 is 0 Å². The van der Waals surface area contributed by atoms with Gasteiger partial charge in [-0.1, -0.05) is 60.7 Å². The average molecular weight is 568 g/mol. The van der Waals surface area contributed by atoms with Gasteiger partial charge in [0.15, 0.2) is 5.82 Å². The topological polar surface area (TPSA) is 41.9 Å². The third-order valence-electron chi connectivity index (χ3n) is 9.31. The highest BCUT2D eigenvalue weighted by molar-refractivity contribution is 7.25. The summed E-state index contributed by atoms with van der Waals surface area (Å²) >= 11 is 1.86. The van der Waals surface area contributed by atoms with Crippen LogP contribution in [0.3, 0.4) is 0 Å². The standard InChI is InChI=1S/C38H21N3OS/c1-5-11-30-24(8-1)34-31(42-30)15-14-23-26-18-21(20-13-16-33-25(17-20)22-7-2-6-12-32(22)43-33)19-27-35-38(41(36(26)27)37(23)34)40-29-10-4-3-9-28(29)39-35/h1-19,28,39H. The molecule has 0 fully saturated rings. The van der Waals surface area contributed by atoms with Crippen molar-refractivity contribution in [3.63, 3.8) is 0 Å². The molecule has 0 bridgehead atoms. The van der Waals surface area contributed by atoms with Crippen LogP contribution < -0.4 is 5.32 Å². The summed E-state index contributed by atoms with van der Waals surface area (Å²) in [6.45, 7) is 0. The minimum Gasteiger partial charge on any atom is -0.456 e. The van der Waals surface area contributed by atoms with Crippen molar-refractivity contribution in [3.8, 4) is 11.1 Å². The second-order valence-electron chi connectivity index (χ2n) is 11.6. The number of rotatable bonds is 1. The lowest BCUT2D eigenvalue weighted by molar-refractivity contribution is 0.669. The number of anilines is 1. The Morgan fingerprint density at radius 1 is 0.674 bits per heavy atom. The van der Waals surface area contributed by atoms with E-state index in [1.807, 2.05) is 17.4 Å². The molecular formula is C38H21N3OS. The van der Waals surface area contributed by atoms with Gasteiger partial charge in [0.2, 0.25) is 0 Å². The molecule has 0 saturated heterocycles. The van der Waals surface area contributed by atoms with Crippen LogP contribution in [-0.4, -0.2) is 16.2 Å². The Balaban J connectivity index is 1.30. The van der Waals surface area contributed by atoms with E-state index in [-0.39, 0.29) is 6.04 Å². The fourth-order valence-corrected chi connectivity index (χ4v) is 8.52. The summed E-state index contributed by atoms with van der Waals surface area (Å²) in [5.74, 6) is 0.954. The number of aromatic nitrogens is 1. The summed E-state index contributed by atoms with van der Waals surface area (Å²) < 4.78 is 11.4. The molecule has 0 spiro atoms. The first-order valence-corrected chi connectivity index (χ1v) is 15.4. The molecular weight excluding hydrogens is 547 g/mol. The lowest BCUT2D eigenvalue weighted by Gasteiger charge is -2.23. The predicted octanol–water partition coefficient (Wildman–Crippen LogP) is 10.6. The second-order valence-corrected chi connectivity index (χ2v) is 12.7. The van der Waals surface area contributed by atoms with Gasteiger partial charge in [0.25, 0.3) is 0 Å². The summed E-state index contributed by atoms with van der Waals surface area (Å²) in [4.78, 5) is 5.30. The Kier molecular flexibility index (Phi) is 3.99. The van der Waals surface area contributed by atoms with E-state index in [9.17, 15) is 0 Å². The van der Waals surface area contributed by atoms with Gasteiger partial charge in [-0.25, -0.2) is 4.99 Å². The summed E-state index contributed by atoms with van der Waals surface area (Å²) in [6.07, 6.45) is 8.47. The molecule has 43 heavy (non-hydrogen) atoms. The third-order valence-corrected chi connectivity index (χ3v) is 10.5. The van der Waals surface area contributed by atoms with Crippen LogP contribution in [0.4, 0.5) is 11.5 Å². The van der Waals surface area contributed by atoms with Gasteiger partial charge in [-0.05, 0) is 65.7 Å². The Morgan fingerprint density at radius 3 is 2.49 bits per heavy atom. The summed E-state index contributed by atoms with van der Waals surface area (Å²) in [7, 11) is 0. The SMILES string of the molecule is C1=CC2=Nc3c(c4cc(-c5ccc6sc7ccccc7c6c5)cc5c6ccc7oc8ccccc8c7c6n3c45)NC2C=C1. The van der Waals surface area contributed by atoms with Gasteiger partial charge in [0.05, 0.1) is 33.9 Å². The van der Waals surface area contributed by atoms with Gasteiger partial charge in [-0.15, -0.1) is 11.3 Å². The van der Waals surface area contributed by atoms with Gasteiger partial charge in [0, 0.05) is 41.7 Å². The molecule has 1 N–H and O–H groups in total. The molecule has 9 aromatic rings. The third kappa shape index (κ3) is 2.78. The maximum absolute atomic E-state index is 6.36. The number of furan rings is 1. The van der Waals surface area contributed by atoms with E-state index < -0.39 is 0 Å². The first kappa shape index (κ1) is 22.2. The lowest BCUT2D eigenvalue weighted by atomic mass is 9.97. The van der Waals surface area contributed by atoms with Gasteiger partial charge < -0.3 is 9.73 Å². The Hall–Kier alpha value is -5.39. The molecule has 5 heterocycles. The van der Waals surface area contributed by atoms with Crippen molar-refractivity contribution in [1.82, 2.24) is 4.40 Å². The van der Waals surface area contributed by atoms with E-state index in [1.54, 1.807) is 0 Å². The van der Waals surface area contributed by atoms with Gasteiger partial charge in [-0.3, -0.25) is 4.40 Å². The fraction of sp³-hybridized carbons (Fsp3) is 0.0263. The van der Waals surface area contributed by atoms with Crippen LogP contribution in [-0.2, 0) is 0 Å². The zero-order valence-electron chi connectivity index (χ0n) is 22.8. The molecule has 0 amide bonds. The van der Waals surface area contributed by atoms with Crippen LogP contribution in [0.1, 0.15) is 0 Å². The highest BCUT2D eigenvalue weighted by Gasteiger charge is 2.30. The monoisotopic (exact) mass is 567 g/mol. The zero-order chi connectivity index (χ0) is 27.8. The number of nitrogens with zero attached hydrogens (tertiary/aromatic N) is 2. The van der Waals surface area contributed by atoms with Crippen molar-refractivity contribution in [1.29, 1.82) is 0 Å². The average Bonchev–Trinajstić information content (AvgIpc) is 3.79. The summed E-state index contributed by atoms with van der Waals surface area (Å²) in [6, 6.07) is 33.1. The molecule has 4 aromatic heterocycles. The van der Waals surface area contributed by atoms with E-state index in [1.165, 1.54) is 53.0 Å². The Bertz CT molecular complexity index is 2770. The lowest BCUT2D eigenvalue weighted by Crippen LogP contribution is -2.29. The van der Waals surface area contributed by atoms with Crippen LogP contribution >= 0.6 is 11.3 Å². The molecule has 1 aliphatic heterocycles. The molecule has 0 saturated carbocycles. The molecule has 5 aromatic carbocycles. The number of aliphatic imine (C=N–C) groups is 1. The molecule has 4 nitrogen and oxygen atoms in total. The summed E-state index contributed by atoms with van der Waals surface area (Å²) in [5.41, 5.74) is 8.70. The van der Waals surface area contributed by atoms with Crippen molar-refractivity contribution in [2.45, 2.75) is 6.04 Å². The second kappa shape index (κ2) is 7.71. The number of benzene rings is 5. The molecule has 1 aliphatic carbocycles. The van der Waals surface area contributed by atoms with E-state index in [0.717, 1.165) is 44.7 Å². The Morgan fingerprint density at radius 2 is 1.51 bits per heavy atom. The normalized spacial score (nSPS) is 16.3. The van der Waals surface area contributed by atoms with Crippen LogP contribution in [0.5, 0.6) is 0 Å². The van der Waals surface area contributed by atoms with Crippen molar-refractivity contribution in [3.05, 3.63) is 115 Å². The van der Waals surface area contributed by atoms with E-state index >= 15 is 0 Å². The van der Waals surface area contributed by atoms with Crippen LogP contribution in [0.2, 0.25) is 0 Å². The molecule has 200 valence electrons. The van der Waals surface area contributed by atoms with Gasteiger partial charge in [-0.2, -0.15) is 0 Å². The minimum absolute atomic E-state index is 0.0571. The van der Waals surface area contributed by atoms with Crippen LogP contribution in [0.15, 0.2) is 125 Å². The van der Waals surface area contributed by atoms with Crippen molar-refractivity contribution < 1.29 is 4.42 Å². The number of para-hydroxylation sites is 1. The van der Waals surface area contributed by atoms with Crippen molar-refractivity contribution in [2.75, 3.05) is 5.32 Å². The number of fused-ring (bicyclic) bond motifs is 14. The number of nitrogens with one attached hydrogen (secondary N) is 1. The van der Waals surface area contributed by atoms with Crippen LogP contribution in [0, 0.1) is 0 Å². The quantitative estimate of drug-likeness (QED) is 0.214. The number of allylic oxidation sites excluding steroid dienone is 2. The molecule has 11 rings (SSSR count). The number of hydrogen-bond donors (Lipinski definition) is 1.